The summed E-state index contributed by atoms with van der Waals surface area (Å²) in [5, 5.41) is 6.53. The van der Waals surface area contributed by atoms with Crippen LogP contribution in [0.15, 0.2) is 33.7 Å². The van der Waals surface area contributed by atoms with E-state index >= 15 is 0 Å². The summed E-state index contributed by atoms with van der Waals surface area (Å²) in [6.45, 7) is 5.23. The van der Waals surface area contributed by atoms with E-state index in [9.17, 15) is 8.42 Å². The highest BCUT2D eigenvalue weighted by Gasteiger charge is 2.44. The molecule has 1 aromatic rings. The van der Waals surface area contributed by atoms with Crippen molar-refractivity contribution in [3.8, 4) is 0 Å². The van der Waals surface area contributed by atoms with Crippen LogP contribution in [0.5, 0.6) is 0 Å². The minimum absolute atomic E-state index is 0. The molecule has 0 bridgehead atoms. The van der Waals surface area contributed by atoms with Gasteiger partial charge in [-0.3, -0.25) is 4.99 Å². The molecular formula is C18H28BrIN4O2S. The Kier molecular flexibility index (Phi) is 8.38. The van der Waals surface area contributed by atoms with Gasteiger partial charge in [-0.25, -0.2) is 12.7 Å². The number of guanidine groups is 1. The lowest BCUT2D eigenvalue weighted by Crippen LogP contribution is -2.42. The number of sulfonamides is 1. The van der Waals surface area contributed by atoms with Crippen molar-refractivity contribution in [2.75, 3.05) is 38.5 Å². The predicted octanol–water partition coefficient (Wildman–Crippen LogP) is 2.69. The van der Waals surface area contributed by atoms with E-state index in [1.165, 1.54) is 5.56 Å². The van der Waals surface area contributed by atoms with Crippen LogP contribution in [0.3, 0.4) is 0 Å². The maximum Gasteiger partial charge on any atom is 0.214 e. The molecule has 2 aliphatic rings. The Bertz CT molecular complexity index is 768. The van der Waals surface area contributed by atoms with Crippen LogP contribution in [0.2, 0.25) is 0 Å². The fourth-order valence-electron chi connectivity index (χ4n) is 3.32. The SMILES string of the molecule is CCNC(=NCC1(c2cccc(Br)c2)CC1)NCCN1CCCS1(=O)=O.I. The molecule has 2 N–H and O–H groups in total. The fraction of sp³-hybridized carbons (Fsp3) is 0.611. The summed E-state index contributed by atoms with van der Waals surface area (Å²) in [4.78, 5) is 4.77. The lowest BCUT2D eigenvalue weighted by Gasteiger charge is -2.18. The first kappa shape index (κ1) is 22.9. The lowest BCUT2D eigenvalue weighted by atomic mass is 9.96. The van der Waals surface area contributed by atoms with Gasteiger partial charge in [0, 0.05) is 36.1 Å². The first-order valence-electron chi connectivity index (χ1n) is 9.21. The molecule has 0 amide bonds. The standard InChI is InChI=1S/C18H27BrN4O2S.HI/c1-2-20-17(21-9-11-23-10-4-12-26(23,24)25)22-14-18(7-8-18)15-5-3-6-16(19)13-15;/h3,5-6,13H,2,4,7-12,14H2,1H3,(H2,20,21,22);1H. The van der Waals surface area contributed by atoms with Gasteiger partial charge >= 0.3 is 0 Å². The van der Waals surface area contributed by atoms with Crippen LogP contribution in [0.25, 0.3) is 0 Å². The minimum Gasteiger partial charge on any atom is -0.357 e. The van der Waals surface area contributed by atoms with Crippen molar-refractivity contribution < 1.29 is 8.42 Å². The molecule has 1 saturated carbocycles. The normalized spacial score (nSPS) is 20.7. The average molecular weight is 571 g/mol. The molecule has 1 aliphatic heterocycles. The van der Waals surface area contributed by atoms with E-state index in [1.54, 1.807) is 4.31 Å². The van der Waals surface area contributed by atoms with Crippen LogP contribution in [0.4, 0.5) is 0 Å². The Hall–Kier alpha value is -0.390. The summed E-state index contributed by atoms with van der Waals surface area (Å²) in [6.07, 6.45) is 3.03. The molecule has 1 aromatic carbocycles. The van der Waals surface area contributed by atoms with E-state index in [2.05, 4.69) is 44.8 Å². The second-order valence-corrected chi connectivity index (χ2v) is 9.99. The van der Waals surface area contributed by atoms with Gasteiger partial charge in [-0.15, -0.1) is 24.0 Å². The highest BCUT2D eigenvalue weighted by atomic mass is 127. The summed E-state index contributed by atoms with van der Waals surface area (Å²) < 4.78 is 26.4. The number of hydrogen-bond acceptors (Lipinski definition) is 3. The molecule has 152 valence electrons. The summed E-state index contributed by atoms with van der Waals surface area (Å²) in [6, 6.07) is 8.47. The molecule has 3 rings (SSSR count). The van der Waals surface area contributed by atoms with Crippen LogP contribution in [-0.2, 0) is 15.4 Å². The van der Waals surface area contributed by atoms with E-state index in [-0.39, 0.29) is 35.1 Å². The van der Waals surface area contributed by atoms with Crippen molar-refractivity contribution >= 4 is 55.9 Å². The topological polar surface area (TPSA) is 73.8 Å². The van der Waals surface area contributed by atoms with Crippen LogP contribution >= 0.6 is 39.9 Å². The maximum atomic E-state index is 11.9. The van der Waals surface area contributed by atoms with Crippen molar-refractivity contribution in [1.82, 2.24) is 14.9 Å². The molecule has 0 unspecified atom stereocenters. The highest BCUT2D eigenvalue weighted by molar-refractivity contribution is 14.0. The number of rotatable bonds is 7. The number of nitrogens with one attached hydrogen (secondary N) is 2. The monoisotopic (exact) mass is 570 g/mol. The summed E-state index contributed by atoms with van der Waals surface area (Å²) >= 11 is 3.55. The zero-order valence-corrected chi connectivity index (χ0v) is 20.3. The van der Waals surface area contributed by atoms with Crippen LogP contribution in [0, 0.1) is 0 Å². The molecule has 2 fully saturated rings. The molecule has 0 spiro atoms. The first-order valence-corrected chi connectivity index (χ1v) is 11.6. The molecule has 27 heavy (non-hydrogen) atoms. The number of nitrogens with zero attached hydrogens (tertiary/aromatic N) is 2. The van der Waals surface area contributed by atoms with E-state index in [0.29, 0.717) is 19.6 Å². The third-order valence-electron chi connectivity index (χ3n) is 5.03. The van der Waals surface area contributed by atoms with E-state index in [0.717, 1.165) is 42.8 Å². The molecular weight excluding hydrogens is 543 g/mol. The Labute approximate surface area is 187 Å². The van der Waals surface area contributed by atoms with Gasteiger partial charge in [0.05, 0.1) is 12.3 Å². The van der Waals surface area contributed by atoms with Gasteiger partial charge in [0.1, 0.15) is 0 Å². The molecule has 0 radical (unpaired) electrons. The smallest absolute Gasteiger partial charge is 0.214 e. The predicted molar refractivity (Wildman–Crippen MR) is 124 cm³/mol. The van der Waals surface area contributed by atoms with Crippen molar-refractivity contribution in [1.29, 1.82) is 0 Å². The molecule has 0 atom stereocenters. The second kappa shape index (κ2) is 9.89. The van der Waals surface area contributed by atoms with Crippen LogP contribution < -0.4 is 10.6 Å². The van der Waals surface area contributed by atoms with Gasteiger partial charge in [0.2, 0.25) is 10.0 Å². The number of aliphatic imine (C=N–C) groups is 1. The third kappa shape index (κ3) is 6.04. The van der Waals surface area contributed by atoms with Crippen molar-refractivity contribution in [3.63, 3.8) is 0 Å². The van der Waals surface area contributed by atoms with Gasteiger partial charge in [0.25, 0.3) is 0 Å². The van der Waals surface area contributed by atoms with E-state index in [1.807, 2.05) is 13.0 Å². The van der Waals surface area contributed by atoms with Gasteiger partial charge in [0.15, 0.2) is 5.96 Å². The second-order valence-electron chi connectivity index (χ2n) is 6.98. The molecule has 6 nitrogen and oxygen atoms in total. The van der Waals surface area contributed by atoms with Crippen LogP contribution in [-0.4, -0.2) is 57.2 Å². The van der Waals surface area contributed by atoms with Crippen LogP contribution in [0.1, 0.15) is 31.7 Å². The van der Waals surface area contributed by atoms with Crippen molar-refractivity contribution in [2.45, 2.75) is 31.6 Å². The Balaban J connectivity index is 0.00000261. The summed E-state index contributed by atoms with van der Waals surface area (Å²) in [5.41, 5.74) is 1.47. The summed E-state index contributed by atoms with van der Waals surface area (Å²) in [5.74, 6) is 1.03. The van der Waals surface area contributed by atoms with Gasteiger partial charge in [-0.2, -0.15) is 0 Å². The van der Waals surface area contributed by atoms with Gasteiger partial charge in [-0.05, 0) is 43.9 Å². The zero-order chi connectivity index (χ0) is 18.6. The largest absolute Gasteiger partial charge is 0.357 e. The first-order chi connectivity index (χ1) is 12.5. The van der Waals surface area contributed by atoms with Crippen molar-refractivity contribution in [2.24, 2.45) is 4.99 Å². The van der Waals surface area contributed by atoms with Gasteiger partial charge in [-0.1, -0.05) is 28.1 Å². The maximum absolute atomic E-state index is 11.9. The fourth-order valence-corrected chi connectivity index (χ4v) is 5.25. The molecule has 1 heterocycles. The lowest BCUT2D eigenvalue weighted by molar-refractivity contribution is 0.445. The third-order valence-corrected chi connectivity index (χ3v) is 7.48. The average Bonchev–Trinajstić information content (AvgIpc) is 3.32. The Morgan fingerprint density at radius 1 is 1.33 bits per heavy atom. The van der Waals surface area contributed by atoms with Gasteiger partial charge < -0.3 is 10.6 Å². The molecule has 0 aromatic heterocycles. The quantitative estimate of drug-likeness (QED) is 0.300. The molecule has 9 heteroatoms. The Morgan fingerprint density at radius 3 is 2.70 bits per heavy atom. The number of benzene rings is 1. The highest BCUT2D eigenvalue weighted by Crippen LogP contribution is 2.48. The van der Waals surface area contributed by atoms with Crippen molar-refractivity contribution in [3.05, 3.63) is 34.3 Å². The minimum atomic E-state index is -3.03. The molecule has 1 saturated heterocycles. The Morgan fingerprint density at radius 2 is 2.11 bits per heavy atom. The zero-order valence-electron chi connectivity index (χ0n) is 15.6. The van der Waals surface area contributed by atoms with E-state index < -0.39 is 10.0 Å². The number of halogens is 2. The van der Waals surface area contributed by atoms with E-state index in [4.69, 9.17) is 4.99 Å². The summed E-state index contributed by atoms with van der Waals surface area (Å²) in [7, 11) is -3.03. The molecule has 1 aliphatic carbocycles. The number of hydrogen-bond donors (Lipinski definition) is 2.